The second kappa shape index (κ2) is 9.82. The predicted molar refractivity (Wildman–Crippen MR) is 73.1 cm³/mol. The molecule has 0 bridgehead atoms. The number of carboxylic acid groups (broad SMARTS) is 1. The van der Waals surface area contributed by atoms with Crippen LogP contribution in [0.2, 0.25) is 0 Å². The molecule has 8 heteroatoms. The minimum Gasteiger partial charge on any atom is -0.544 e. The molecule has 1 aromatic carbocycles. The Morgan fingerprint density at radius 3 is 2.59 bits per heavy atom. The van der Waals surface area contributed by atoms with Gasteiger partial charge in [-0.25, -0.2) is 4.39 Å². The van der Waals surface area contributed by atoms with Crippen molar-refractivity contribution in [1.29, 1.82) is 0 Å². The maximum atomic E-state index is 12.7. The molecule has 0 aromatic heterocycles. The number of nitrogens with one attached hydrogen (secondary N) is 1. The fourth-order valence-electron chi connectivity index (χ4n) is 1.73. The molecule has 0 aliphatic carbocycles. The molecule has 0 fully saturated rings. The Balaban J connectivity index is 2.39. The number of ether oxygens (including phenoxy) is 1. The van der Waals surface area contributed by atoms with Gasteiger partial charge in [0.15, 0.2) is 0 Å². The zero-order valence-corrected chi connectivity index (χ0v) is 12.0. The quantitative estimate of drug-likeness (QED) is 0.426. The molecule has 0 unspecified atom stereocenters. The molecule has 22 heavy (non-hydrogen) atoms. The summed E-state index contributed by atoms with van der Waals surface area (Å²) < 4.78 is 17.7. The summed E-state index contributed by atoms with van der Waals surface area (Å²) in [5, 5.41) is 23.4. The van der Waals surface area contributed by atoms with Crippen LogP contribution in [0.4, 0.5) is 10.1 Å². The Bertz CT molecular complexity index is 481. The highest BCUT2D eigenvalue weighted by molar-refractivity contribution is 5.93. The highest BCUT2D eigenvalue weighted by atomic mass is 19.1. The second-order valence-electron chi connectivity index (χ2n) is 4.55. The topological polar surface area (TPSA) is 115 Å². The van der Waals surface area contributed by atoms with Crippen LogP contribution in [-0.4, -0.2) is 49.4 Å². The van der Waals surface area contributed by atoms with E-state index in [0.717, 1.165) is 0 Å². The van der Waals surface area contributed by atoms with Crippen molar-refractivity contribution in [3.63, 3.8) is 0 Å². The van der Waals surface area contributed by atoms with Gasteiger partial charge in [-0.3, -0.25) is 4.79 Å². The first-order chi connectivity index (χ1) is 10.5. The molecule has 1 rings (SSSR count). The van der Waals surface area contributed by atoms with Gasteiger partial charge in [-0.2, -0.15) is 0 Å². The van der Waals surface area contributed by atoms with Crippen LogP contribution >= 0.6 is 0 Å². The first kappa shape index (κ1) is 18.0. The molecule has 4 N–H and O–H groups in total. The van der Waals surface area contributed by atoms with Crippen molar-refractivity contribution in [2.24, 2.45) is 0 Å². The lowest BCUT2D eigenvalue weighted by Gasteiger charge is -2.16. The molecule has 0 saturated heterocycles. The van der Waals surface area contributed by atoms with Crippen LogP contribution in [0.15, 0.2) is 24.3 Å². The van der Waals surface area contributed by atoms with E-state index < -0.39 is 23.7 Å². The number of quaternary nitrogens is 1. The largest absolute Gasteiger partial charge is 0.544 e. The minimum absolute atomic E-state index is 0.107. The van der Waals surface area contributed by atoms with Crippen molar-refractivity contribution in [3.05, 3.63) is 30.1 Å². The van der Waals surface area contributed by atoms with Crippen LogP contribution in [0.3, 0.4) is 0 Å². The van der Waals surface area contributed by atoms with Gasteiger partial charge in [0.25, 0.3) is 0 Å². The van der Waals surface area contributed by atoms with E-state index in [2.05, 4.69) is 5.32 Å². The van der Waals surface area contributed by atoms with Crippen molar-refractivity contribution in [3.8, 4) is 0 Å². The number of aliphatic hydroxyl groups excluding tert-OH is 1. The van der Waals surface area contributed by atoms with Crippen LogP contribution < -0.4 is 15.7 Å². The monoisotopic (exact) mass is 314 g/mol. The van der Waals surface area contributed by atoms with E-state index in [0.29, 0.717) is 12.2 Å². The molecule has 0 spiro atoms. The summed E-state index contributed by atoms with van der Waals surface area (Å²) in [5.41, 5.74) is 0.384. The Morgan fingerprint density at radius 1 is 1.32 bits per heavy atom. The Labute approximate surface area is 127 Å². The number of nitrogens with two attached hydrogens (primary N) is 1. The van der Waals surface area contributed by atoms with Crippen molar-refractivity contribution in [2.75, 3.05) is 31.7 Å². The summed E-state index contributed by atoms with van der Waals surface area (Å²) >= 11 is 0. The summed E-state index contributed by atoms with van der Waals surface area (Å²) in [4.78, 5) is 22.8. The van der Waals surface area contributed by atoms with Crippen molar-refractivity contribution in [2.45, 2.75) is 12.5 Å². The maximum Gasteiger partial charge on any atom is 0.230 e. The Hall–Kier alpha value is -2.03. The number of hydrogen-bond donors (Lipinski definition) is 3. The van der Waals surface area contributed by atoms with Gasteiger partial charge in [-0.15, -0.1) is 0 Å². The van der Waals surface area contributed by atoms with Gasteiger partial charge < -0.3 is 30.4 Å². The zero-order valence-electron chi connectivity index (χ0n) is 12.0. The van der Waals surface area contributed by atoms with Gasteiger partial charge in [-0.1, -0.05) is 0 Å². The number of carbonyl (C=O) groups is 2. The van der Waals surface area contributed by atoms with Gasteiger partial charge in [0.2, 0.25) is 5.91 Å². The zero-order chi connectivity index (χ0) is 16.4. The van der Waals surface area contributed by atoms with Crippen LogP contribution in [0.5, 0.6) is 0 Å². The molecule has 7 nitrogen and oxygen atoms in total. The van der Waals surface area contributed by atoms with E-state index in [1.54, 1.807) is 0 Å². The van der Waals surface area contributed by atoms with Gasteiger partial charge in [0.1, 0.15) is 11.9 Å². The summed E-state index contributed by atoms with van der Waals surface area (Å²) in [5.74, 6) is -2.29. The van der Waals surface area contributed by atoms with Crippen LogP contribution in [0, 0.1) is 5.82 Å². The third kappa shape index (κ3) is 7.11. The average Bonchev–Trinajstić information content (AvgIpc) is 2.48. The molecule has 0 heterocycles. The third-order valence-electron chi connectivity index (χ3n) is 2.79. The van der Waals surface area contributed by atoms with E-state index >= 15 is 0 Å². The Morgan fingerprint density at radius 2 is 2.00 bits per heavy atom. The number of halogens is 1. The number of hydrogen-bond acceptors (Lipinski definition) is 5. The van der Waals surface area contributed by atoms with E-state index in [1.165, 1.54) is 29.6 Å². The van der Waals surface area contributed by atoms with Crippen LogP contribution in [-0.2, 0) is 14.3 Å². The highest BCUT2D eigenvalue weighted by Gasteiger charge is 2.18. The maximum absolute atomic E-state index is 12.7. The standard InChI is InChI=1S/C14H19FN2O5/c15-10-1-3-11(4-2-10)17-13(19)9-12(14(20)21)16-5-7-22-8-6-18/h1-4,12,16,18H,5-9H2,(H,17,19)(H,20,21)/t12-/m1/s1. The molecule has 0 saturated carbocycles. The number of amides is 1. The number of benzene rings is 1. The van der Waals surface area contributed by atoms with E-state index in [-0.39, 0.29) is 26.2 Å². The van der Waals surface area contributed by atoms with E-state index in [1.807, 2.05) is 0 Å². The van der Waals surface area contributed by atoms with E-state index in [4.69, 9.17) is 9.84 Å². The average molecular weight is 314 g/mol. The van der Waals surface area contributed by atoms with Gasteiger partial charge in [0.05, 0.1) is 38.8 Å². The predicted octanol–water partition coefficient (Wildman–Crippen LogP) is -2.15. The molecule has 122 valence electrons. The van der Waals surface area contributed by atoms with Gasteiger partial charge in [-0.05, 0) is 24.3 Å². The molecule has 1 amide bonds. The Kier molecular flexibility index (Phi) is 8.05. The van der Waals surface area contributed by atoms with Crippen molar-refractivity contribution in [1.82, 2.24) is 0 Å². The van der Waals surface area contributed by atoms with E-state index in [9.17, 15) is 19.1 Å². The van der Waals surface area contributed by atoms with Crippen molar-refractivity contribution >= 4 is 17.6 Å². The number of aliphatic carboxylic acids is 1. The second-order valence-corrected chi connectivity index (χ2v) is 4.55. The lowest BCUT2D eigenvalue weighted by molar-refractivity contribution is -0.683. The fraction of sp³-hybridized carbons (Fsp3) is 0.429. The first-order valence-electron chi connectivity index (χ1n) is 6.81. The lowest BCUT2D eigenvalue weighted by atomic mass is 10.2. The number of carbonyl (C=O) groups excluding carboxylic acids is 2. The summed E-state index contributed by atoms with van der Waals surface area (Å²) in [6, 6.07) is 4.10. The van der Waals surface area contributed by atoms with Crippen molar-refractivity contribution < 1.29 is 34.2 Å². The molecule has 0 radical (unpaired) electrons. The molecule has 1 aromatic rings. The number of aliphatic hydroxyl groups is 1. The normalized spacial score (nSPS) is 11.9. The molecular formula is C14H19FN2O5. The first-order valence-corrected chi connectivity index (χ1v) is 6.81. The number of carboxylic acids is 1. The molecule has 0 aliphatic rings. The summed E-state index contributed by atoms with van der Waals surface area (Å²) in [6.07, 6.45) is -0.278. The summed E-state index contributed by atoms with van der Waals surface area (Å²) in [6.45, 7) is 0.644. The number of anilines is 1. The fourth-order valence-corrected chi connectivity index (χ4v) is 1.73. The SMILES string of the molecule is O=C(C[C@@H]([NH2+]CCOCCO)C(=O)[O-])Nc1ccc(F)cc1. The lowest BCUT2D eigenvalue weighted by Crippen LogP contribution is -2.94. The van der Waals surface area contributed by atoms with Gasteiger partial charge in [0, 0.05) is 5.69 Å². The van der Waals surface area contributed by atoms with Crippen LogP contribution in [0.25, 0.3) is 0 Å². The van der Waals surface area contributed by atoms with Gasteiger partial charge >= 0.3 is 0 Å². The van der Waals surface area contributed by atoms with Crippen LogP contribution in [0.1, 0.15) is 6.42 Å². The molecule has 1 atom stereocenters. The minimum atomic E-state index is -1.35. The summed E-state index contributed by atoms with van der Waals surface area (Å²) in [7, 11) is 0. The third-order valence-corrected chi connectivity index (χ3v) is 2.79. The molecule has 0 aliphatic heterocycles. The smallest absolute Gasteiger partial charge is 0.230 e. The number of rotatable bonds is 10. The highest BCUT2D eigenvalue weighted by Crippen LogP contribution is 2.08. The molecular weight excluding hydrogens is 295 g/mol.